The van der Waals surface area contributed by atoms with E-state index in [0.29, 0.717) is 0 Å². The molecule has 0 bridgehead atoms. The minimum Gasteiger partial charge on any atom is -0.291 e. The summed E-state index contributed by atoms with van der Waals surface area (Å²) in [7, 11) is 1.96. The van der Waals surface area contributed by atoms with E-state index in [-0.39, 0.29) is 6.04 Å². The number of likely N-dealkylation sites (N-methyl/N-ethyl adjacent to an activating group) is 1. The lowest BCUT2D eigenvalue weighted by Gasteiger charge is -2.18. The summed E-state index contributed by atoms with van der Waals surface area (Å²) in [5.74, 6) is 0. The third-order valence-corrected chi connectivity index (χ3v) is 2.77. The molecule has 15 heavy (non-hydrogen) atoms. The molecule has 0 N–H and O–H groups in total. The van der Waals surface area contributed by atoms with Crippen LogP contribution in [0.5, 0.6) is 0 Å². The maximum atomic E-state index is 8.73. The molecule has 2 nitrogen and oxygen atoms in total. The van der Waals surface area contributed by atoms with Gasteiger partial charge in [0, 0.05) is 11.6 Å². The average Bonchev–Trinajstić information content (AvgIpc) is 2.26. The van der Waals surface area contributed by atoms with E-state index >= 15 is 0 Å². The molecule has 1 unspecified atom stereocenters. The van der Waals surface area contributed by atoms with Gasteiger partial charge in [-0.1, -0.05) is 23.7 Å². The van der Waals surface area contributed by atoms with Crippen molar-refractivity contribution in [2.45, 2.75) is 19.4 Å². The molecule has 0 saturated heterocycles. The molecule has 0 aliphatic rings. The van der Waals surface area contributed by atoms with Gasteiger partial charge in [-0.3, -0.25) is 4.90 Å². The Kier molecular flexibility index (Phi) is 4.61. The fraction of sp³-hybridized carbons (Fsp3) is 0.417. The van der Waals surface area contributed by atoms with Gasteiger partial charge in [-0.15, -0.1) is 0 Å². The first-order valence-electron chi connectivity index (χ1n) is 4.98. The third kappa shape index (κ3) is 3.91. The minimum atomic E-state index is -0.0303. The highest BCUT2D eigenvalue weighted by Crippen LogP contribution is 2.10. The van der Waals surface area contributed by atoms with E-state index in [1.807, 2.05) is 43.1 Å². The Bertz CT molecular complexity index is 340. The summed E-state index contributed by atoms with van der Waals surface area (Å²) in [4.78, 5) is 2.04. The highest BCUT2D eigenvalue weighted by molar-refractivity contribution is 6.30. The van der Waals surface area contributed by atoms with Crippen LogP contribution in [0.2, 0.25) is 5.02 Å². The molecule has 0 aliphatic carbocycles. The lowest BCUT2D eigenvalue weighted by Crippen LogP contribution is -2.29. The zero-order chi connectivity index (χ0) is 11.3. The highest BCUT2D eigenvalue weighted by atomic mass is 35.5. The summed E-state index contributed by atoms with van der Waals surface area (Å²) in [6.07, 6.45) is 0.944. The van der Waals surface area contributed by atoms with E-state index < -0.39 is 0 Å². The number of nitriles is 1. The van der Waals surface area contributed by atoms with Crippen LogP contribution in [0.4, 0.5) is 0 Å². The Morgan fingerprint density at radius 2 is 2.00 bits per heavy atom. The molecule has 1 aromatic carbocycles. The standard InChI is InChI=1S/C12H15ClN2/c1-10(9-14)15(2)8-7-11-3-5-12(13)6-4-11/h3-6,10H,7-8H2,1-2H3. The average molecular weight is 223 g/mol. The number of rotatable bonds is 4. The first kappa shape index (κ1) is 12.0. The smallest absolute Gasteiger partial charge is 0.0946 e. The van der Waals surface area contributed by atoms with Gasteiger partial charge in [-0.25, -0.2) is 0 Å². The van der Waals surface area contributed by atoms with Crippen molar-refractivity contribution in [1.82, 2.24) is 4.90 Å². The maximum Gasteiger partial charge on any atom is 0.0946 e. The van der Waals surface area contributed by atoms with Crippen LogP contribution in [0.25, 0.3) is 0 Å². The van der Waals surface area contributed by atoms with Gasteiger partial charge >= 0.3 is 0 Å². The fourth-order valence-electron chi connectivity index (χ4n) is 1.25. The van der Waals surface area contributed by atoms with Gasteiger partial charge in [0.2, 0.25) is 0 Å². The van der Waals surface area contributed by atoms with Gasteiger partial charge in [-0.05, 0) is 38.1 Å². The van der Waals surface area contributed by atoms with Crippen LogP contribution < -0.4 is 0 Å². The maximum absolute atomic E-state index is 8.73. The number of nitrogens with zero attached hydrogens (tertiary/aromatic N) is 2. The van der Waals surface area contributed by atoms with Crippen molar-refractivity contribution in [3.8, 4) is 6.07 Å². The SMILES string of the molecule is CC(C#N)N(C)CCc1ccc(Cl)cc1. The Hall–Kier alpha value is -1.04. The summed E-state index contributed by atoms with van der Waals surface area (Å²) in [6.45, 7) is 2.79. The molecule has 0 spiro atoms. The van der Waals surface area contributed by atoms with Crippen molar-refractivity contribution in [3.63, 3.8) is 0 Å². The van der Waals surface area contributed by atoms with Crippen molar-refractivity contribution >= 4 is 11.6 Å². The van der Waals surface area contributed by atoms with Crippen LogP contribution in [0, 0.1) is 11.3 Å². The van der Waals surface area contributed by atoms with Crippen LogP contribution in [0.1, 0.15) is 12.5 Å². The van der Waals surface area contributed by atoms with Crippen molar-refractivity contribution in [2.24, 2.45) is 0 Å². The second-order valence-electron chi connectivity index (χ2n) is 3.66. The number of hydrogen-bond acceptors (Lipinski definition) is 2. The lowest BCUT2D eigenvalue weighted by molar-refractivity contribution is 0.306. The van der Waals surface area contributed by atoms with Crippen molar-refractivity contribution < 1.29 is 0 Å². The number of benzene rings is 1. The highest BCUT2D eigenvalue weighted by Gasteiger charge is 2.06. The molecule has 0 amide bonds. The van der Waals surface area contributed by atoms with Crippen LogP contribution in [-0.4, -0.2) is 24.5 Å². The number of hydrogen-bond donors (Lipinski definition) is 0. The Morgan fingerprint density at radius 3 is 2.53 bits per heavy atom. The number of halogens is 1. The Balaban J connectivity index is 2.44. The second-order valence-corrected chi connectivity index (χ2v) is 4.10. The predicted octanol–water partition coefficient (Wildman–Crippen LogP) is 2.73. The fourth-order valence-corrected chi connectivity index (χ4v) is 1.37. The molecule has 0 radical (unpaired) electrons. The molecule has 80 valence electrons. The van der Waals surface area contributed by atoms with E-state index in [0.717, 1.165) is 18.0 Å². The summed E-state index contributed by atoms with van der Waals surface area (Å²) in [5, 5.41) is 9.49. The third-order valence-electron chi connectivity index (χ3n) is 2.51. The summed E-state index contributed by atoms with van der Waals surface area (Å²) < 4.78 is 0. The van der Waals surface area contributed by atoms with E-state index in [9.17, 15) is 0 Å². The van der Waals surface area contributed by atoms with Crippen LogP contribution in [0.3, 0.4) is 0 Å². The van der Waals surface area contributed by atoms with Crippen molar-refractivity contribution in [2.75, 3.05) is 13.6 Å². The van der Waals surface area contributed by atoms with Crippen molar-refractivity contribution in [1.29, 1.82) is 5.26 Å². The Morgan fingerprint density at radius 1 is 1.40 bits per heavy atom. The summed E-state index contributed by atoms with van der Waals surface area (Å²) in [6, 6.07) is 10.0. The van der Waals surface area contributed by atoms with Crippen LogP contribution in [0.15, 0.2) is 24.3 Å². The van der Waals surface area contributed by atoms with Gasteiger partial charge in [0.05, 0.1) is 12.1 Å². The molecule has 1 rings (SSSR count). The van der Waals surface area contributed by atoms with Gasteiger partial charge in [0.25, 0.3) is 0 Å². The largest absolute Gasteiger partial charge is 0.291 e. The second kappa shape index (κ2) is 5.75. The lowest BCUT2D eigenvalue weighted by atomic mass is 10.1. The molecule has 0 fully saturated rings. The summed E-state index contributed by atoms with van der Waals surface area (Å²) >= 11 is 5.79. The molecular weight excluding hydrogens is 208 g/mol. The Labute approximate surface area is 96.1 Å². The normalized spacial score (nSPS) is 12.5. The van der Waals surface area contributed by atoms with Crippen molar-refractivity contribution in [3.05, 3.63) is 34.9 Å². The quantitative estimate of drug-likeness (QED) is 0.784. The molecule has 1 aromatic rings. The van der Waals surface area contributed by atoms with Crippen LogP contribution >= 0.6 is 11.6 Å². The zero-order valence-corrected chi connectivity index (χ0v) is 9.83. The summed E-state index contributed by atoms with van der Waals surface area (Å²) in [5.41, 5.74) is 1.25. The molecule has 1 atom stereocenters. The molecule has 0 aliphatic heterocycles. The molecular formula is C12H15ClN2. The van der Waals surface area contributed by atoms with Gasteiger partial charge in [0.1, 0.15) is 0 Å². The van der Waals surface area contributed by atoms with Gasteiger partial charge in [0.15, 0.2) is 0 Å². The monoisotopic (exact) mass is 222 g/mol. The molecule has 3 heteroatoms. The van der Waals surface area contributed by atoms with E-state index in [4.69, 9.17) is 16.9 Å². The topological polar surface area (TPSA) is 27.0 Å². The zero-order valence-electron chi connectivity index (χ0n) is 9.07. The predicted molar refractivity (Wildman–Crippen MR) is 62.9 cm³/mol. The van der Waals surface area contributed by atoms with Gasteiger partial charge in [-0.2, -0.15) is 5.26 Å². The molecule has 0 heterocycles. The first-order valence-corrected chi connectivity index (χ1v) is 5.35. The van der Waals surface area contributed by atoms with Crippen LogP contribution in [-0.2, 0) is 6.42 Å². The van der Waals surface area contributed by atoms with E-state index in [1.54, 1.807) is 0 Å². The molecule has 0 aromatic heterocycles. The van der Waals surface area contributed by atoms with E-state index in [1.165, 1.54) is 5.56 Å². The first-order chi connectivity index (χ1) is 7.13. The minimum absolute atomic E-state index is 0.0303. The van der Waals surface area contributed by atoms with E-state index in [2.05, 4.69) is 6.07 Å². The molecule has 0 saturated carbocycles. The van der Waals surface area contributed by atoms with Gasteiger partial charge < -0.3 is 0 Å².